The average molecular weight is 268 g/mol. The second kappa shape index (κ2) is 4.35. The highest BCUT2D eigenvalue weighted by Crippen LogP contribution is 2.44. The Labute approximate surface area is 110 Å². The monoisotopic (exact) mass is 267 g/mol. The van der Waals surface area contributed by atoms with Gasteiger partial charge in [0.05, 0.1) is 11.6 Å². The maximum Gasteiger partial charge on any atom is 0.407 e. The second-order valence-electron chi connectivity index (χ2n) is 4.85. The molecular weight excluding hydrogens is 254 g/mol. The minimum Gasteiger partial charge on any atom is -0.492 e. The van der Waals surface area contributed by atoms with E-state index >= 15 is 0 Å². The van der Waals surface area contributed by atoms with Crippen molar-refractivity contribution in [3.05, 3.63) is 28.8 Å². The Balaban J connectivity index is 1.99. The van der Waals surface area contributed by atoms with Gasteiger partial charge in [-0.2, -0.15) is 0 Å². The normalized spacial score (nSPS) is 25.9. The van der Waals surface area contributed by atoms with Crippen molar-refractivity contribution >= 4 is 17.7 Å². The van der Waals surface area contributed by atoms with Crippen molar-refractivity contribution in [1.29, 1.82) is 0 Å². The van der Waals surface area contributed by atoms with Gasteiger partial charge in [-0.05, 0) is 18.4 Å². The molecule has 3 rings (SSSR count). The smallest absolute Gasteiger partial charge is 0.407 e. The number of carbonyl (C=O) groups is 1. The SMILES string of the molecule is O=C(O)N1C[C@@H]2CCOc3c(Cl)cccc3[C@@H]2C1. The molecule has 0 radical (unpaired) electrons. The average Bonchev–Trinajstić information content (AvgIpc) is 2.68. The third kappa shape index (κ3) is 1.81. The Morgan fingerprint density at radius 1 is 1.44 bits per heavy atom. The topological polar surface area (TPSA) is 49.8 Å². The number of ether oxygens (including phenoxy) is 1. The molecule has 1 saturated heterocycles. The minimum absolute atomic E-state index is 0.206. The summed E-state index contributed by atoms with van der Waals surface area (Å²) in [7, 11) is 0. The lowest BCUT2D eigenvalue weighted by atomic mass is 9.87. The van der Waals surface area contributed by atoms with Gasteiger partial charge >= 0.3 is 6.09 Å². The van der Waals surface area contributed by atoms with Gasteiger partial charge < -0.3 is 14.7 Å². The van der Waals surface area contributed by atoms with Gasteiger partial charge in [-0.15, -0.1) is 0 Å². The summed E-state index contributed by atoms with van der Waals surface area (Å²) in [5.41, 5.74) is 1.05. The molecule has 1 aromatic carbocycles. The maximum absolute atomic E-state index is 11.1. The summed E-state index contributed by atoms with van der Waals surface area (Å²) in [6, 6.07) is 5.70. The molecule has 0 unspecified atom stereocenters. The zero-order valence-corrected chi connectivity index (χ0v) is 10.6. The van der Waals surface area contributed by atoms with Crippen LogP contribution in [0.15, 0.2) is 18.2 Å². The number of benzene rings is 1. The number of rotatable bonds is 0. The van der Waals surface area contributed by atoms with Crippen LogP contribution >= 0.6 is 11.6 Å². The van der Waals surface area contributed by atoms with Gasteiger partial charge in [0.2, 0.25) is 0 Å². The predicted octanol–water partition coefficient (Wildman–Crippen LogP) is 2.82. The Morgan fingerprint density at radius 2 is 2.28 bits per heavy atom. The first-order chi connectivity index (χ1) is 8.66. The molecule has 0 aromatic heterocycles. The van der Waals surface area contributed by atoms with Crippen LogP contribution in [0.25, 0.3) is 0 Å². The molecule has 1 aromatic rings. The van der Waals surface area contributed by atoms with Gasteiger partial charge in [-0.25, -0.2) is 4.79 Å². The fourth-order valence-corrected chi connectivity index (χ4v) is 3.19. The van der Waals surface area contributed by atoms with Crippen molar-refractivity contribution in [3.8, 4) is 5.75 Å². The maximum atomic E-state index is 11.1. The fourth-order valence-electron chi connectivity index (χ4n) is 2.95. The number of amides is 1. The van der Waals surface area contributed by atoms with E-state index in [9.17, 15) is 4.79 Å². The summed E-state index contributed by atoms with van der Waals surface area (Å²) in [5, 5.41) is 9.71. The number of para-hydroxylation sites is 1. The number of hydrogen-bond acceptors (Lipinski definition) is 2. The highest BCUT2D eigenvalue weighted by Gasteiger charge is 2.39. The second-order valence-corrected chi connectivity index (χ2v) is 5.26. The minimum atomic E-state index is -0.840. The largest absolute Gasteiger partial charge is 0.492 e. The van der Waals surface area contributed by atoms with Crippen molar-refractivity contribution in [2.75, 3.05) is 19.7 Å². The molecule has 0 spiro atoms. The molecule has 1 N–H and O–H groups in total. The number of fused-ring (bicyclic) bond motifs is 3. The van der Waals surface area contributed by atoms with Crippen LogP contribution in [0.3, 0.4) is 0 Å². The van der Waals surface area contributed by atoms with Gasteiger partial charge in [0.25, 0.3) is 0 Å². The van der Waals surface area contributed by atoms with E-state index in [1.165, 1.54) is 4.90 Å². The van der Waals surface area contributed by atoms with E-state index in [1.54, 1.807) is 0 Å². The van der Waals surface area contributed by atoms with E-state index in [-0.39, 0.29) is 5.92 Å². The lowest BCUT2D eigenvalue weighted by Gasteiger charge is -2.16. The molecule has 1 amide bonds. The van der Waals surface area contributed by atoms with E-state index in [2.05, 4.69) is 0 Å². The highest BCUT2D eigenvalue weighted by molar-refractivity contribution is 6.32. The molecule has 2 atom stereocenters. The van der Waals surface area contributed by atoms with E-state index in [0.717, 1.165) is 17.7 Å². The molecule has 2 aliphatic rings. The summed E-state index contributed by atoms with van der Waals surface area (Å²) in [6.45, 7) is 1.73. The molecule has 1 fully saturated rings. The van der Waals surface area contributed by atoms with Crippen molar-refractivity contribution < 1.29 is 14.6 Å². The lowest BCUT2D eigenvalue weighted by Crippen LogP contribution is -2.27. The van der Waals surface area contributed by atoms with Gasteiger partial charge in [0.15, 0.2) is 0 Å². The highest BCUT2D eigenvalue weighted by atomic mass is 35.5. The van der Waals surface area contributed by atoms with Crippen LogP contribution in [-0.2, 0) is 0 Å². The van der Waals surface area contributed by atoms with Crippen LogP contribution in [0, 0.1) is 5.92 Å². The summed E-state index contributed by atoms with van der Waals surface area (Å²) >= 11 is 6.15. The Hall–Kier alpha value is -1.42. The molecule has 5 heteroatoms. The molecule has 2 aliphatic heterocycles. The first-order valence-corrected chi connectivity index (χ1v) is 6.43. The number of carboxylic acid groups (broad SMARTS) is 1. The summed E-state index contributed by atoms with van der Waals surface area (Å²) in [5.74, 6) is 1.28. The number of hydrogen-bond donors (Lipinski definition) is 1. The van der Waals surface area contributed by atoms with Crippen molar-refractivity contribution in [3.63, 3.8) is 0 Å². The molecule has 96 valence electrons. The quantitative estimate of drug-likeness (QED) is 0.786. The van der Waals surface area contributed by atoms with Gasteiger partial charge in [-0.3, -0.25) is 0 Å². The molecular formula is C13H14ClNO3. The first-order valence-electron chi connectivity index (χ1n) is 6.06. The van der Waals surface area contributed by atoms with Crippen molar-refractivity contribution in [2.24, 2.45) is 5.92 Å². The van der Waals surface area contributed by atoms with Crippen LogP contribution in [0.4, 0.5) is 4.79 Å². The molecule has 0 bridgehead atoms. The van der Waals surface area contributed by atoms with Crippen LogP contribution in [-0.4, -0.2) is 35.8 Å². The van der Waals surface area contributed by atoms with Crippen LogP contribution < -0.4 is 4.74 Å². The van der Waals surface area contributed by atoms with E-state index in [0.29, 0.717) is 30.6 Å². The number of halogens is 1. The van der Waals surface area contributed by atoms with E-state index in [1.807, 2.05) is 18.2 Å². The zero-order chi connectivity index (χ0) is 12.7. The molecule has 18 heavy (non-hydrogen) atoms. The van der Waals surface area contributed by atoms with Gasteiger partial charge in [-0.1, -0.05) is 23.7 Å². The van der Waals surface area contributed by atoms with Gasteiger partial charge in [0, 0.05) is 24.6 Å². The Bertz CT molecular complexity index is 491. The van der Waals surface area contributed by atoms with Crippen LogP contribution in [0.2, 0.25) is 5.02 Å². The predicted molar refractivity (Wildman–Crippen MR) is 67.4 cm³/mol. The van der Waals surface area contributed by atoms with E-state index < -0.39 is 6.09 Å². The standard InChI is InChI=1S/C13H14ClNO3/c14-11-3-1-2-9-10-7-15(13(16)17)6-8(10)4-5-18-12(9)11/h1-3,8,10H,4-7H2,(H,16,17)/t8-,10+/m0/s1. The fraction of sp³-hybridized carbons (Fsp3) is 0.462. The number of nitrogens with zero attached hydrogens (tertiary/aromatic N) is 1. The Kier molecular flexibility index (Phi) is 2.82. The molecule has 0 saturated carbocycles. The van der Waals surface area contributed by atoms with Gasteiger partial charge in [0.1, 0.15) is 5.75 Å². The number of likely N-dealkylation sites (tertiary alicyclic amines) is 1. The van der Waals surface area contributed by atoms with Crippen molar-refractivity contribution in [1.82, 2.24) is 4.90 Å². The Morgan fingerprint density at radius 3 is 3.06 bits per heavy atom. The third-order valence-electron chi connectivity index (χ3n) is 3.84. The third-order valence-corrected chi connectivity index (χ3v) is 4.14. The summed E-state index contributed by atoms with van der Waals surface area (Å²) in [6.07, 6.45) is 0.0342. The van der Waals surface area contributed by atoms with Crippen LogP contribution in [0.1, 0.15) is 17.9 Å². The zero-order valence-electron chi connectivity index (χ0n) is 9.80. The van der Waals surface area contributed by atoms with E-state index in [4.69, 9.17) is 21.4 Å². The summed E-state index contributed by atoms with van der Waals surface area (Å²) in [4.78, 5) is 12.6. The molecule has 0 aliphatic carbocycles. The molecule has 4 nitrogen and oxygen atoms in total. The molecule has 2 heterocycles. The van der Waals surface area contributed by atoms with Crippen LogP contribution in [0.5, 0.6) is 5.75 Å². The lowest BCUT2D eigenvalue weighted by molar-refractivity contribution is 0.152. The summed E-state index contributed by atoms with van der Waals surface area (Å²) < 4.78 is 5.71. The van der Waals surface area contributed by atoms with Crippen molar-refractivity contribution in [2.45, 2.75) is 12.3 Å². The first kappa shape index (κ1) is 11.7.